The van der Waals surface area contributed by atoms with E-state index in [-0.39, 0.29) is 17.9 Å². The maximum absolute atomic E-state index is 13.5. The smallest absolute Gasteiger partial charge is 0.309 e. The molecule has 0 saturated carbocycles. The van der Waals surface area contributed by atoms with E-state index in [1.807, 2.05) is 34.9 Å². The van der Waals surface area contributed by atoms with Crippen LogP contribution in [0.5, 0.6) is 0 Å². The monoisotopic (exact) mass is 417 g/mol. The second-order valence-corrected chi connectivity index (χ2v) is 9.76. The molecular weight excluding hydrogens is 382 g/mol. The normalized spacial score (nSPS) is 20.9. The minimum atomic E-state index is -0.656. The van der Waals surface area contributed by atoms with Crippen LogP contribution < -0.4 is 0 Å². The van der Waals surface area contributed by atoms with Crippen LogP contribution in [0.25, 0.3) is 0 Å². The van der Waals surface area contributed by atoms with Gasteiger partial charge in [-0.15, -0.1) is 0 Å². The van der Waals surface area contributed by atoms with Crippen molar-refractivity contribution in [1.29, 1.82) is 0 Å². The summed E-state index contributed by atoms with van der Waals surface area (Å²) in [6.07, 6.45) is 4.39. The SMILES string of the molecule is CSC[C@@H](C)N1CCC2(CC1)C(=O)N(CC(C)C)C(=O)N2CCc1ccccc1. The van der Waals surface area contributed by atoms with Crippen LogP contribution in [-0.2, 0) is 11.2 Å². The molecule has 0 unspecified atom stereocenters. The Morgan fingerprint density at radius 1 is 1.07 bits per heavy atom. The van der Waals surface area contributed by atoms with Gasteiger partial charge in [0.25, 0.3) is 5.91 Å². The number of amides is 3. The third-order valence-corrected chi connectivity index (χ3v) is 7.11. The van der Waals surface area contributed by atoms with Gasteiger partial charge in [-0.1, -0.05) is 44.2 Å². The predicted octanol–water partition coefficient (Wildman–Crippen LogP) is 3.74. The second kappa shape index (κ2) is 9.52. The molecule has 0 aromatic heterocycles. The van der Waals surface area contributed by atoms with Crippen molar-refractivity contribution in [3.63, 3.8) is 0 Å². The number of hydrogen-bond donors (Lipinski definition) is 0. The molecule has 0 aliphatic carbocycles. The highest BCUT2D eigenvalue weighted by Gasteiger charge is 2.57. The van der Waals surface area contributed by atoms with E-state index in [1.54, 1.807) is 0 Å². The molecular formula is C23H35N3O2S. The van der Waals surface area contributed by atoms with Crippen LogP contribution in [0.4, 0.5) is 4.79 Å². The molecule has 29 heavy (non-hydrogen) atoms. The summed E-state index contributed by atoms with van der Waals surface area (Å²) in [4.78, 5) is 32.7. The minimum Gasteiger partial charge on any atom is -0.309 e. The first kappa shape index (κ1) is 22.2. The lowest BCUT2D eigenvalue weighted by molar-refractivity contribution is -0.136. The van der Waals surface area contributed by atoms with Crippen molar-refractivity contribution in [3.05, 3.63) is 35.9 Å². The van der Waals surface area contributed by atoms with Crippen molar-refractivity contribution >= 4 is 23.7 Å². The molecule has 2 aliphatic rings. The first-order valence-corrected chi connectivity index (χ1v) is 12.2. The number of hydrogen-bond acceptors (Lipinski definition) is 4. The van der Waals surface area contributed by atoms with Gasteiger partial charge in [-0.2, -0.15) is 11.8 Å². The molecule has 1 spiro atoms. The lowest BCUT2D eigenvalue weighted by atomic mass is 9.85. The molecule has 2 heterocycles. The van der Waals surface area contributed by atoms with E-state index in [9.17, 15) is 9.59 Å². The molecule has 6 heteroatoms. The van der Waals surface area contributed by atoms with Gasteiger partial charge >= 0.3 is 6.03 Å². The van der Waals surface area contributed by atoms with Gasteiger partial charge in [-0.25, -0.2) is 4.79 Å². The highest BCUT2D eigenvalue weighted by molar-refractivity contribution is 7.98. The maximum Gasteiger partial charge on any atom is 0.327 e. The van der Waals surface area contributed by atoms with E-state index in [1.165, 1.54) is 10.5 Å². The lowest BCUT2D eigenvalue weighted by Crippen LogP contribution is -2.58. The van der Waals surface area contributed by atoms with Crippen molar-refractivity contribution in [2.24, 2.45) is 5.92 Å². The average Bonchev–Trinajstić information content (AvgIpc) is 2.89. The Bertz CT molecular complexity index is 701. The van der Waals surface area contributed by atoms with Crippen LogP contribution in [0.1, 0.15) is 39.2 Å². The van der Waals surface area contributed by atoms with E-state index >= 15 is 0 Å². The van der Waals surface area contributed by atoms with Gasteiger partial charge in [0.05, 0.1) is 0 Å². The zero-order chi connectivity index (χ0) is 21.0. The standard InChI is InChI=1S/C23H35N3O2S/c1-18(2)16-25-21(27)23(11-14-24(15-12-23)19(3)17-29-4)26(22(25)28)13-10-20-8-6-5-7-9-20/h5-9,18-19H,10-17H2,1-4H3/t19-/m1/s1. The fraction of sp³-hybridized carbons (Fsp3) is 0.652. The number of urea groups is 1. The first-order valence-electron chi connectivity index (χ1n) is 10.8. The Hall–Kier alpha value is -1.53. The lowest BCUT2D eigenvalue weighted by Gasteiger charge is -2.44. The zero-order valence-electron chi connectivity index (χ0n) is 18.3. The summed E-state index contributed by atoms with van der Waals surface area (Å²) in [5, 5.41) is 0. The van der Waals surface area contributed by atoms with E-state index in [0.29, 0.717) is 19.1 Å². The number of benzene rings is 1. The van der Waals surface area contributed by atoms with Crippen molar-refractivity contribution < 1.29 is 9.59 Å². The van der Waals surface area contributed by atoms with Crippen molar-refractivity contribution in [2.45, 2.75) is 51.6 Å². The highest BCUT2D eigenvalue weighted by atomic mass is 32.2. The molecule has 1 aromatic carbocycles. The largest absolute Gasteiger partial charge is 0.327 e. The number of thioether (sulfide) groups is 1. The van der Waals surface area contributed by atoms with Gasteiger partial charge in [0.1, 0.15) is 5.54 Å². The van der Waals surface area contributed by atoms with Crippen LogP contribution >= 0.6 is 11.8 Å². The van der Waals surface area contributed by atoms with Gasteiger partial charge < -0.3 is 4.90 Å². The molecule has 160 valence electrons. The van der Waals surface area contributed by atoms with Crippen molar-refractivity contribution in [2.75, 3.05) is 38.2 Å². The molecule has 5 nitrogen and oxygen atoms in total. The molecule has 2 aliphatic heterocycles. The molecule has 0 N–H and O–H groups in total. The Morgan fingerprint density at radius 2 is 1.72 bits per heavy atom. The highest BCUT2D eigenvalue weighted by Crippen LogP contribution is 2.38. The van der Waals surface area contributed by atoms with Crippen LogP contribution in [0, 0.1) is 5.92 Å². The Balaban J connectivity index is 1.79. The third kappa shape index (κ3) is 4.64. The van der Waals surface area contributed by atoms with Crippen LogP contribution in [0.2, 0.25) is 0 Å². The summed E-state index contributed by atoms with van der Waals surface area (Å²) in [5.41, 5.74) is 0.548. The van der Waals surface area contributed by atoms with Crippen LogP contribution in [0.15, 0.2) is 30.3 Å². The minimum absolute atomic E-state index is 0.0291. The third-order valence-electron chi connectivity index (χ3n) is 6.29. The van der Waals surface area contributed by atoms with E-state index in [4.69, 9.17) is 0 Å². The Morgan fingerprint density at radius 3 is 2.31 bits per heavy atom. The molecule has 2 fully saturated rings. The topological polar surface area (TPSA) is 43.9 Å². The Labute approximate surface area is 179 Å². The average molecular weight is 418 g/mol. The summed E-state index contributed by atoms with van der Waals surface area (Å²) >= 11 is 1.86. The fourth-order valence-corrected chi connectivity index (χ4v) is 5.36. The van der Waals surface area contributed by atoms with Gasteiger partial charge in [-0.3, -0.25) is 14.6 Å². The molecule has 1 atom stereocenters. The first-order chi connectivity index (χ1) is 13.9. The number of piperidine rings is 1. The summed E-state index contributed by atoms with van der Waals surface area (Å²) in [6.45, 7) is 9.24. The number of likely N-dealkylation sites (tertiary alicyclic amines) is 1. The van der Waals surface area contributed by atoms with Crippen LogP contribution in [-0.4, -0.2) is 76.4 Å². The number of nitrogens with zero attached hydrogens (tertiary/aromatic N) is 3. The molecule has 1 aromatic rings. The second-order valence-electron chi connectivity index (χ2n) is 8.85. The van der Waals surface area contributed by atoms with E-state index in [2.05, 4.69) is 44.1 Å². The van der Waals surface area contributed by atoms with Gasteiger partial charge in [0.15, 0.2) is 0 Å². The van der Waals surface area contributed by atoms with E-state index < -0.39 is 5.54 Å². The van der Waals surface area contributed by atoms with Gasteiger partial charge in [-0.05, 0) is 43.9 Å². The molecule has 3 amide bonds. The fourth-order valence-electron chi connectivity index (χ4n) is 4.67. The van der Waals surface area contributed by atoms with Crippen molar-refractivity contribution in [1.82, 2.24) is 14.7 Å². The summed E-state index contributed by atoms with van der Waals surface area (Å²) in [6, 6.07) is 10.6. The van der Waals surface area contributed by atoms with Gasteiger partial charge in [0, 0.05) is 38.0 Å². The summed E-state index contributed by atoms with van der Waals surface area (Å²) in [7, 11) is 0. The molecule has 2 saturated heterocycles. The number of rotatable bonds is 8. The maximum atomic E-state index is 13.5. The number of imide groups is 1. The van der Waals surface area contributed by atoms with Crippen LogP contribution in [0.3, 0.4) is 0 Å². The van der Waals surface area contributed by atoms with E-state index in [0.717, 1.165) is 38.1 Å². The molecule has 0 bridgehead atoms. The summed E-state index contributed by atoms with van der Waals surface area (Å²) < 4.78 is 0. The van der Waals surface area contributed by atoms with Gasteiger partial charge in [0.2, 0.25) is 0 Å². The number of carbonyl (C=O) groups excluding carboxylic acids is 2. The quantitative estimate of drug-likeness (QED) is 0.605. The predicted molar refractivity (Wildman–Crippen MR) is 120 cm³/mol. The Kier molecular flexibility index (Phi) is 7.28. The molecule has 0 radical (unpaired) electrons. The number of carbonyl (C=O) groups is 2. The molecule has 3 rings (SSSR count). The zero-order valence-corrected chi connectivity index (χ0v) is 19.1. The summed E-state index contributed by atoms with van der Waals surface area (Å²) in [5.74, 6) is 1.40. The van der Waals surface area contributed by atoms with Crippen molar-refractivity contribution in [3.8, 4) is 0 Å².